The average Bonchev–Trinajstić information content (AvgIpc) is 3.25. The first kappa shape index (κ1) is 19.0. The summed E-state index contributed by atoms with van der Waals surface area (Å²) < 4.78 is 0. The molecule has 2 unspecified atom stereocenters. The van der Waals surface area contributed by atoms with E-state index in [2.05, 4.69) is 38.9 Å². The van der Waals surface area contributed by atoms with Gasteiger partial charge < -0.3 is 9.80 Å². The van der Waals surface area contributed by atoms with E-state index in [-0.39, 0.29) is 5.91 Å². The molecule has 0 saturated carbocycles. The molecule has 2 aromatic rings. The first-order chi connectivity index (χ1) is 13.5. The van der Waals surface area contributed by atoms with Crippen LogP contribution in [-0.2, 0) is 0 Å². The molecule has 0 aliphatic carbocycles. The summed E-state index contributed by atoms with van der Waals surface area (Å²) >= 11 is 0. The van der Waals surface area contributed by atoms with E-state index >= 15 is 0 Å². The largest absolute Gasteiger partial charge is 0.338 e. The van der Waals surface area contributed by atoms with Gasteiger partial charge in [-0.05, 0) is 56.7 Å². The molecular weight excluding hydrogens is 350 g/mol. The van der Waals surface area contributed by atoms with Gasteiger partial charge in [-0.2, -0.15) is 0 Å². The molecule has 0 N–H and O–H groups in total. The molecule has 28 heavy (non-hydrogen) atoms. The smallest absolute Gasteiger partial charge is 0.257 e. The molecule has 4 heterocycles. The number of carbonyl (C=O) groups is 1. The van der Waals surface area contributed by atoms with E-state index in [1.807, 2.05) is 31.0 Å². The van der Waals surface area contributed by atoms with E-state index < -0.39 is 0 Å². The third-order valence-electron chi connectivity index (χ3n) is 6.36. The van der Waals surface area contributed by atoms with Crippen LogP contribution in [-0.4, -0.2) is 63.4 Å². The van der Waals surface area contributed by atoms with Crippen LogP contribution >= 0.6 is 0 Å². The van der Waals surface area contributed by atoms with Crippen molar-refractivity contribution in [3.8, 4) is 0 Å². The number of hydrogen-bond acceptors (Lipinski definition) is 5. The number of carbonyl (C=O) groups excluding carboxylic acids is 1. The summed E-state index contributed by atoms with van der Waals surface area (Å²) in [5.74, 6) is 1.74. The number of pyridine rings is 1. The fourth-order valence-electron chi connectivity index (χ4n) is 4.69. The lowest BCUT2D eigenvalue weighted by atomic mass is 10.0. The molecule has 6 heteroatoms. The van der Waals surface area contributed by atoms with Gasteiger partial charge in [0.15, 0.2) is 0 Å². The van der Waals surface area contributed by atoms with Crippen molar-refractivity contribution in [2.45, 2.75) is 33.1 Å². The number of fused-ring (bicyclic) bond motifs is 1. The average molecular weight is 380 g/mol. The van der Waals surface area contributed by atoms with Crippen molar-refractivity contribution in [2.75, 3.05) is 32.7 Å². The third kappa shape index (κ3) is 3.78. The zero-order chi connectivity index (χ0) is 19.7. The first-order valence-electron chi connectivity index (χ1n) is 10.2. The number of hydrogen-bond donors (Lipinski definition) is 0. The maximum Gasteiger partial charge on any atom is 0.257 e. The van der Waals surface area contributed by atoms with E-state index in [9.17, 15) is 4.79 Å². The Balaban J connectivity index is 1.31. The molecule has 1 amide bonds. The van der Waals surface area contributed by atoms with Crippen LogP contribution in [0.5, 0.6) is 0 Å². The predicted octanol–water partition coefficient (Wildman–Crippen LogP) is 2.69. The summed E-state index contributed by atoms with van der Waals surface area (Å²) in [6.07, 6.45) is 4.53. The normalized spacial score (nSPS) is 23.0. The minimum Gasteiger partial charge on any atom is -0.338 e. The first-order valence-corrected chi connectivity index (χ1v) is 10.2. The van der Waals surface area contributed by atoms with Gasteiger partial charge >= 0.3 is 0 Å². The van der Waals surface area contributed by atoms with Gasteiger partial charge in [-0.3, -0.25) is 9.78 Å². The Bertz CT molecular complexity index is 806. The highest BCUT2D eigenvalue weighted by atomic mass is 16.2. The van der Waals surface area contributed by atoms with E-state index in [0.717, 1.165) is 50.5 Å². The predicted molar refractivity (Wildman–Crippen MR) is 108 cm³/mol. The van der Waals surface area contributed by atoms with Crippen molar-refractivity contribution in [3.63, 3.8) is 0 Å². The second kappa shape index (κ2) is 7.95. The van der Waals surface area contributed by atoms with Gasteiger partial charge in [0.2, 0.25) is 0 Å². The molecule has 2 saturated heterocycles. The lowest BCUT2D eigenvalue weighted by molar-refractivity contribution is 0.0771. The highest BCUT2D eigenvalue weighted by molar-refractivity contribution is 5.96. The molecule has 0 aromatic carbocycles. The summed E-state index contributed by atoms with van der Waals surface area (Å²) in [6.45, 7) is 11.0. The Morgan fingerprint density at radius 2 is 1.75 bits per heavy atom. The molecule has 148 valence electrons. The number of likely N-dealkylation sites (tertiary alicyclic amines) is 2. The molecule has 0 radical (unpaired) electrons. The van der Waals surface area contributed by atoms with Gasteiger partial charge in [0.05, 0.1) is 17.0 Å². The summed E-state index contributed by atoms with van der Waals surface area (Å²) in [5.41, 5.74) is 3.41. The molecule has 2 aliphatic rings. The van der Waals surface area contributed by atoms with Gasteiger partial charge in [0, 0.05) is 38.1 Å². The number of aryl methyl sites for hydroxylation is 2. The van der Waals surface area contributed by atoms with Crippen molar-refractivity contribution in [1.82, 2.24) is 24.8 Å². The Hall–Kier alpha value is -2.34. The van der Waals surface area contributed by atoms with Gasteiger partial charge in [-0.1, -0.05) is 13.0 Å². The van der Waals surface area contributed by atoms with E-state index in [0.29, 0.717) is 23.3 Å². The van der Waals surface area contributed by atoms with Gasteiger partial charge in [-0.15, -0.1) is 0 Å². The van der Waals surface area contributed by atoms with Crippen LogP contribution in [0.15, 0.2) is 30.7 Å². The lowest BCUT2D eigenvalue weighted by Crippen LogP contribution is -2.34. The van der Waals surface area contributed by atoms with Crippen LogP contribution in [0.3, 0.4) is 0 Å². The van der Waals surface area contributed by atoms with Crippen molar-refractivity contribution in [3.05, 3.63) is 53.4 Å². The van der Waals surface area contributed by atoms with E-state index in [1.54, 1.807) is 0 Å². The van der Waals surface area contributed by atoms with Gasteiger partial charge in [0.1, 0.15) is 6.33 Å². The molecule has 2 aliphatic heterocycles. The van der Waals surface area contributed by atoms with Gasteiger partial charge in [-0.25, -0.2) is 9.97 Å². The highest BCUT2D eigenvalue weighted by Crippen LogP contribution is 2.33. The monoisotopic (exact) mass is 379 g/mol. The number of aromatic nitrogens is 3. The summed E-state index contributed by atoms with van der Waals surface area (Å²) in [5, 5.41) is 0. The second-order valence-electron chi connectivity index (χ2n) is 8.35. The fourth-order valence-corrected chi connectivity index (χ4v) is 4.69. The third-order valence-corrected chi connectivity index (χ3v) is 6.36. The van der Waals surface area contributed by atoms with Crippen molar-refractivity contribution < 1.29 is 4.79 Å². The molecule has 6 nitrogen and oxygen atoms in total. The van der Waals surface area contributed by atoms with E-state index in [1.165, 1.54) is 12.0 Å². The Morgan fingerprint density at radius 3 is 2.36 bits per heavy atom. The molecule has 0 bridgehead atoms. The Morgan fingerprint density at radius 1 is 1.07 bits per heavy atom. The minimum atomic E-state index is 0.0975. The number of rotatable bonds is 5. The van der Waals surface area contributed by atoms with Crippen LogP contribution in [0, 0.1) is 25.7 Å². The zero-order valence-electron chi connectivity index (χ0n) is 17.0. The van der Waals surface area contributed by atoms with Crippen LogP contribution in [0.1, 0.15) is 46.7 Å². The van der Waals surface area contributed by atoms with Crippen LogP contribution in [0.4, 0.5) is 0 Å². The van der Waals surface area contributed by atoms with E-state index in [4.69, 9.17) is 0 Å². The number of amides is 1. The second-order valence-corrected chi connectivity index (χ2v) is 8.35. The maximum atomic E-state index is 13.0. The highest BCUT2D eigenvalue weighted by Gasteiger charge is 2.42. The lowest BCUT2D eigenvalue weighted by Gasteiger charge is -2.23. The number of nitrogens with zero attached hydrogens (tertiary/aromatic N) is 5. The molecule has 4 rings (SSSR count). The molecular formula is C22H29N5O. The fraction of sp³-hybridized carbons (Fsp3) is 0.545. The summed E-state index contributed by atoms with van der Waals surface area (Å²) in [6, 6.07) is 6.14. The topological polar surface area (TPSA) is 62.2 Å². The summed E-state index contributed by atoms with van der Waals surface area (Å²) in [4.78, 5) is 30.5. The van der Waals surface area contributed by atoms with Crippen LogP contribution in [0.25, 0.3) is 0 Å². The van der Waals surface area contributed by atoms with Gasteiger partial charge in [0.25, 0.3) is 5.91 Å². The maximum absolute atomic E-state index is 13.0. The van der Waals surface area contributed by atoms with Crippen LogP contribution < -0.4 is 0 Å². The Kier molecular flexibility index (Phi) is 5.40. The molecule has 2 fully saturated rings. The quantitative estimate of drug-likeness (QED) is 0.799. The Labute approximate surface area is 167 Å². The van der Waals surface area contributed by atoms with Crippen molar-refractivity contribution in [2.24, 2.45) is 11.8 Å². The molecule has 0 spiro atoms. The van der Waals surface area contributed by atoms with Crippen molar-refractivity contribution in [1.29, 1.82) is 0 Å². The minimum absolute atomic E-state index is 0.0975. The van der Waals surface area contributed by atoms with Crippen LogP contribution in [0.2, 0.25) is 0 Å². The molecule has 3 atom stereocenters. The SMILES string of the molecule is Cc1ncnc(C)c1C(=O)N1CC2CN(CC[C@H](C)c3ccccn3)CC2C1. The van der Waals surface area contributed by atoms with Crippen molar-refractivity contribution >= 4 is 5.91 Å². The summed E-state index contributed by atoms with van der Waals surface area (Å²) in [7, 11) is 0. The molecule has 2 aromatic heterocycles. The zero-order valence-corrected chi connectivity index (χ0v) is 17.0. The standard InChI is InChI=1S/C22H29N5O/c1-15(20-6-4-5-8-23-20)7-9-26-10-18-12-27(13-19(18)11-26)22(28)21-16(2)24-14-25-17(21)3/h4-6,8,14-15,18-19H,7,9-13H2,1-3H3/t15-,18?,19?/m0/s1.